The van der Waals surface area contributed by atoms with Crippen molar-refractivity contribution < 1.29 is 23.1 Å². The fourth-order valence-electron chi connectivity index (χ4n) is 2.02. The molecule has 0 aliphatic carbocycles. The number of halogens is 3. The molecule has 1 aromatic carbocycles. The Morgan fingerprint density at radius 1 is 1.30 bits per heavy atom. The first-order valence-corrected chi connectivity index (χ1v) is 6.64. The number of benzene rings is 1. The van der Waals surface area contributed by atoms with Crippen LogP contribution in [-0.2, 0) is 26.4 Å². The Kier molecular flexibility index (Phi) is 4.89. The lowest BCUT2D eigenvalue weighted by atomic mass is 10.1. The first-order valence-electron chi connectivity index (χ1n) is 6.64. The smallest absolute Gasteiger partial charge is 0.392 e. The fourth-order valence-corrected chi connectivity index (χ4v) is 2.02. The molecule has 9 heteroatoms. The van der Waals surface area contributed by atoms with Crippen LogP contribution >= 0.6 is 0 Å². The van der Waals surface area contributed by atoms with E-state index in [0.717, 1.165) is 10.9 Å². The molecule has 1 aromatic heterocycles. The van der Waals surface area contributed by atoms with Crippen molar-refractivity contribution in [1.82, 2.24) is 15.1 Å². The Balaban J connectivity index is 2.03. The number of rotatable bonds is 4. The molecule has 2 amide bonds. The van der Waals surface area contributed by atoms with Crippen molar-refractivity contribution in [2.24, 2.45) is 7.05 Å². The van der Waals surface area contributed by atoms with Crippen molar-refractivity contribution in [1.29, 1.82) is 0 Å². The molecular weight excluding hydrogens is 313 g/mol. The predicted molar refractivity (Wildman–Crippen MR) is 76.4 cm³/mol. The fraction of sp³-hybridized carbons (Fsp3) is 0.286. The van der Waals surface area contributed by atoms with Gasteiger partial charge in [0.2, 0.25) is 0 Å². The van der Waals surface area contributed by atoms with Gasteiger partial charge in [-0.15, -0.1) is 0 Å². The maximum Gasteiger partial charge on any atom is 0.437 e. The minimum Gasteiger partial charge on any atom is -0.392 e. The van der Waals surface area contributed by atoms with Crippen molar-refractivity contribution in [3.05, 3.63) is 47.3 Å². The summed E-state index contributed by atoms with van der Waals surface area (Å²) in [6.07, 6.45) is -3.59. The summed E-state index contributed by atoms with van der Waals surface area (Å²) in [6, 6.07) is 6.07. The van der Waals surface area contributed by atoms with Gasteiger partial charge in [-0.1, -0.05) is 24.3 Å². The van der Waals surface area contributed by atoms with Crippen LogP contribution in [-0.4, -0.2) is 20.9 Å². The van der Waals surface area contributed by atoms with Crippen molar-refractivity contribution in [3.63, 3.8) is 0 Å². The van der Waals surface area contributed by atoms with Gasteiger partial charge in [-0.05, 0) is 11.1 Å². The molecule has 0 fully saturated rings. The van der Waals surface area contributed by atoms with Crippen molar-refractivity contribution in [2.75, 3.05) is 5.32 Å². The number of aliphatic hydroxyl groups is 1. The normalized spacial score (nSPS) is 11.3. The van der Waals surface area contributed by atoms with Gasteiger partial charge in [-0.25, -0.2) is 4.79 Å². The summed E-state index contributed by atoms with van der Waals surface area (Å²) < 4.78 is 39.3. The maximum absolute atomic E-state index is 12.8. The highest BCUT2D eigenvalue weighted by atomic mass is 19.4. The SMILES string of the molecule is Cn1cc(NC(=O)NCc2ccccc2CO)c(C(F)(F)F)n1. The molecule has 23 heavy (non-hydrogen) atoms. The second-order valence-electron chi connectivity index (χ2n) is 4.80. The van der Waals surface area contributed by atoms with Crippen LogP contribution in [0.25, 0.3) is 0 Å². The molecule has 2 rings (SSSR count). The number of hydrogen-bond acceptors (Lipinski definition) is 3. The van der Waals surface area contributed by atoms with E-state index in [-0.39, 0.29) is 13.2 Å². The Labute approximate surface area is 129 Å². The number of anilines is 1. The molecule has 0 radical (unpaired) electrons. The van der Waals surface area contributed by atoms with E-state index in [2.05, 4.69) is 15.7 Å². The third-order valence-electron chi connectivity index (χ3n) is 3.07. The van der Waals surface area contributed by atoms with Crippen LogP contribution in [0.4, 0.5) is 23.7 Å². The van der Waals surface area contributed by atoms with Gasteiger partial charge in [-0.3, -0.25) is 4.68 Å². The molecule has 0 saturated carbocycles. The predicted octanol–water partition coefficient (Wildman–Crippen LogP) is 2.25. The Morgan fingerprint density at radius 3 is 2.57 bits per heavy atom. The number of nitrogens with zero attached hydrogens (tertiary/aromatic N) is 2. The van der Waals surface area contributed by atoms with E-state index in [1.165, 1.54) is 7.05 Å². The van der Waals surface area contributed by atoms with E-state index >= 15 is 0 Å². The van der Waals surface area contributed by atoms with Gasteiger partial charge in [0.15, 0.2) is 5.69 Å². The van der Waals surface area contributed by atoms with Crippen LogP contribution in [0.1, 0.15) is 16.8 Å². The summed E-state index contributed by atoms with van der Waals surface area (Å²) >= 11 is 0. The van der Waals surface area contributed by atoms with E-state index in [1.807, 2.05) is 0 Å². The summed E-state index contributed by atoms with van der Waals surface area (Å²) in [5.41, 5.74) is -0.281. The van der Waals surface area contributed by atoms with Crippen LogP contribution < -0.4 is 10.6 Å². The van der Waals surface area contributed by atoms with Gasteiger partial charge in [-0.2, -0.15) is 18.3 Å². The minimum atomic E-state index is -4.66. The number of aromatic nitrogens is 2. The van der Waals surface area contributed by atoms with Crippen molar-refractivity contribution in [3.8, 4) is 0 Å². The lowest BCUT2D eigenvalue weighted by Crippen LogP contribution is -2.29. The number of urea groups is 1. The van der Waals surface area contributed by atoms with Gasteiger partial charge in [0.05, 0.1) is 12.3 Å². The summed E-state index contributed by atoms with van der Waals surface area (Å²) in [5, 5.41) is 17.1. The molecule has 0 atom stereocenters. The third-order valence-corrected chi connectivity index (χ3v) is 3.07. The second-order valence-corrected chi connectivity index (χ2v) is 4.80. The van der Waals surface area contributed by atoms with Crippen molar-refractivity contribution in [2.45, 2.75) is 19.3 Å². The molecule has 6 nitrogen and oxygen atoms in total. The molecular formula is C14H15F3N4O2. The highest BCUT2D eigenvalue weighted by molar-refractivity contribution is 5.89. The number of aliphatic hydroxyl groups excluding tert-OH is 1. The van der Waals surface area contributed by atoms with E-state index < -0.39 is 23.6 Å². The number of carbonyl (C=O) groups is 1. The Morgan fingerprint density at radius 2 is 1.96 bits per heavy atom. The molecule has 0 saturated heterocycles. The number of aryl methyl sites for hydroxylation is 1. The van der Waals surface area contributed by atoms with Crippen LogP contribution in [0.3, 0.4) is 0 Å². The number of nitrogens with one attached hydrogen (secondary N) is 2. The highest BCUT2D eigenvalue weighted by Gasteiger charge is 2.37. The van der Waals surface area contributed by atoms with Crippen LogP contribution in [0.2, 0.25) is 0 Å². The summed E-state index contributed by atoms with van der Waals surface area (Å²) in [6.45, 7) is -0.121. The van der Waals surface area contributed by atoms with E-state index in [9.17, 15) is 23.1 Å². The maximum atomic E-state index is 12.8. The number of amides is 2. The molecule has 0 bridgehead atoms. The number of hydrogen-bond donors (Lipinski definition) is 3. The van der Waals surface area contributed by atoms with Crippen molar-refractivity contribution >= 4 is 11.7 Å². The summed E-state index contributed by atoms with van der Waals surface area (Å²) in [7, 11) is 1.33. The number of carbonyl (C=O) groups excluding carboxylic acids is 1. The Bertz CT molecular complexity index is 698. The van der Waals surface area contributed by atoms with Gasteiger partial charge in [0.1, 0.15) is 0 Å². The molecule has 0 aliphatic rings. The van der Waals surface area contributed by atoms with E-state index in [0.29, 0.717) is 11.1 Å². The van der Waals surface area contributed by atoms with Crippen LogP contribution in [0, 0.1) is 0 Å². The average Bonchev–Trinajstić information content (AvgIpc) is 2.86. The highest BCUT2D eigenvalue weighted by Crippen LogP contribution is 2.33. The van der Waals surface area contributed by atoms with E-state index in [1.54, 1.807) is 24.3 Å². The van der Waals surface area contributed by atoms with Crippen LogP contribution in [0.5, 0.6) is 0 Å². The van der Waals surface area contributed by atoms with Gasteiger partial charge in [0, 0.05) is 19.8 Å². The third kappa shape index (κ3) is 4.22. The zero-order valence-electron chi connectivity index (χ0n) is 12.2. The lowest BCUT2D eigenvalue weighted by molar-refractivity contribution is -0.140. The molecule has 2 aromatic rings. The topological polar surface area (TPSA) is 79.2 Å². The first-order chi connectivity index (χ1) is 10.8. The molecule has 0 unspecified atom stereocenters. The molecule has 1 heterocycles. The standard InChI is InChI=1S/C14H15F3N4O2/c1-21-7-11(12(20-21)14(15,16)17)19-13(23)18-6-9-4-2-3-5-10(9)8-22/h2-5,7,22H,6,8H2,1H3,(H2,18,19,23). The zero-order valence-corrected chi connectivity index (χ0v) is 12.2. The molecule has 0 spiro atoms. The lowest BCUT2D eigenvalue weighted by Gasteiger charge is -2.11. The van der Waals surface area contributed by atoms with Gasteiger partial charge >= 0.3 is 12.2 Å². The van der Waals surface area contributed by atoms with Crippen LogP contribution in [0.15, 0.2) is 30.5 Å². The average molecular weight is 328 g/mol. The summed E-state index contributed by atoms with van der Waals surface area (Å²) in [4.78, 5) is 11.8. The molecule has 3 N–H and O–H groups in total. The first kappa shape index (κ1) is 16.8. The quantitative estimate of drug-likeness (QED) is 0.805. The second kappa shape index (κ2) is 6.69. The van der Waals surface area contributed by atoms with E-state index in [4.69, 9.17) is 0 Å². The monoisotopic (exact) mass is 328 g/mol. The minimum absolute atomic E-state index is 0.0736. The summed E-state index contributed by atoms with van der Waals surface area (Å²) in [5.74, 6) is 0. The zero-order chi connectivity index (χ0) is 17.0. The van der Waals surface area contributed by atoms with Gasteiger partial charge in [0.25, 0.3) is 0 Å². The number of alkyl halides is 3. The molecule has 124 valence electrons. The Hall–Kier alpha value is -2.55. The largest absolute Gasteiger partial charge is 0.437 e. The molecule has 0 aliphatic heterocycles. The van der Waals surface area contributed by atoms with Gasteiger partial charge < -0.3 is 15.7 Å².